The number of nitrogens with zero attached hydrogens (tertiary/aromatic N) is 1. The average Bonchev–Trinajstić information content (AvgIpc) is 2.38. The molecule has 2 rings (SSSR count). The van der Waals surface area contributed by atoms with Crippen LogP contribution in [0.4, 0.5) is 0 Å². The van der Waals surface area contributed by atoms with Crippen molar-refractivity contribution >= 4 is 9.84 Å². The third kappa shape index (κ3) is 3.96. The van der Waals surface area contributed by atoms with Crippen LogP contribution in [0.15, 0.2) is 54.9 Å². The molecule has 0 aliphatic rings. The Morgan fingerprint density at radius 2 is 1.67 bits per heavy atom. The molecule has 0 bridgehead atoms. The van der Waals surface area contributed by atoms with Gasteiger partial charge in [0.15, 0.2) is 9.84 Å². The molecular formula is C14H15NO2S. The normalized spacial score (nSPS) is 11.3. The maximum absolute atomic E-state index is 12.0. The second-order valence-electron chi connectivity index (χ2n) is 4.19. The molecule has 0 unspecified atom stereocenters. The van der Waals surface area contributed by atoms with Crippen molar-refractivity contribution < 1.29 is 8.42 Å². The molecule has 0 saturated carbocycles. The summed E-state index contributed by atoms with van der Waals surface area (Å²) in [5.41, 5.74) is 1.79. The summed E-state index contributed by atoms with van der Waals surface area (Å²) in [6.45, 7) is 0. The highest BCUT2D eigenvalue weighted by Crippen LogP contribution is 2.08. The van der Waals surface area contributed by atoms with Gasteiger partial charge >= 0.3 is 0 Å². The molecule has 0 radical (unpaired) electrons. The van der Waals surface area contributed by atoms with E-state index in [2.05, 4.69) is 4.98 Å². The number of benzene rings is 1. The third-order valence-corrected chi connectivity index (χ3v) is 4.25. The van der Waals surface area contributed by atoms with Crippen molar-refractivity contribution in [2.24, 2.45) is 0 Å². The lowest BCUT2D eigenvalue weighted by Crippen LogP contribution is -2.11. The maximum atomic E-state index is 12.0. The van der Waals surface area contributed by atoms with Crippen molar-refractivity contribution in [2.45, 2.75) is 12.2 Å². The van der Waals surface area contributed by atoms with Gasteiger partial charge in [0.1, 0.15) is 0 Å². The lowest BCUT2D eigenvalue weighted by Gasteiger charge is -2.04. The SMILES string of the molecule is O=S(=O)(CCc1cccnc1)Cc1ccccc1. The van der Waals surface area contributed by atoms with E-state index in [-0.39, 0.29) is 11.5 Å². The van der Waals surface area contributed by atoms with Gasteiger partial charge in [0.25, 0.3) is 0 Å². The van der Waals surface area contributed by atoms with Crippen molar-refractivity contribution in [1.82, 2.24) is 4.98 Å². The topological polar surface area (TPSA) is 47.0 Å². The van der Waals surface area contributed by atoms with Crippen LogP contribution in [0.3, 0.4) is 0 Å². The molecule has 0 fully saturated rings. The van der Waals surface area contributed by atoms with Gasteiger partial charge in [-0.25, -0.2) is 8.42 Å². The summed E-state index contributed by atoms with van der Waals surface area (Å²) >= 11 is 0. The van der Waals surface area contributed by atoms with Crippen molar-refractivity contribution in [3.05, 3.63) is 66.0 Å². The van der Waals surface area contributed by atoms with Crippen LogP contribution in [0.2, 0.25) is 0 Å². The Morgan fingerprint density at radius 1 is 0.944 bits per heavy atom. The molecule has 1 aromatic heterocycles. The molecule has 18 heavy (non-hydrogen) atoms. The summed E-state index contributed by atoms with van der Waals surface area (Å²) < 4.78 is 23.9. The standard InChI is InChI=1S/C14H15NO2S/c16-18(17,12-14-5-2-1-3-6-14)10-8-13-7-4-9-15-11-13/h1-7,9,11H,8,10,12H2. The number of sulfone groups is 1. The van der Waals surface area contributed by atoms with Gasteiger partial charge in [0.05, 0.1) is 11.5 Å². The molecule has 94 valence electrons. The molecule has 4 heteroatoms. The lowest BCUT2D eigenvalue weighted by molar-refractivity contribution is 0.594. The molecule has 3 nitrogen and oxygen atoms in total. The minimum absolute atomic E-state index is 0.105. The highest BCUT2D eigenvalue weighted by atomic mass is 32.2. The summed E-state index contributed by atoms with van der Waals surface area (Å²) in [5.74, 6) is 0.266. The van der Waals surface area contributed by atoms with E-state index >= 15 is 0 Å². The molecule has 0 aliphatic carbocycles. The number of hydrogen-bond donors (Lipinski definition) is 0. The molecule has 0 saturated heterocycles. The van der Waals surface area contributed by atoms with Crippen LogP contribution in [0.25, 0.3) is 0 Å². The van der Waals surface area contributed by atoms with Gasteiger partial charge < -0.3 is 0 Å². The fourth-order valence-electron chi connectivity index (χ4n) is 1.72. The van der Waals surface area contributed by atoms with E-state index in [1.165, 1.54) is 0 Å². The molecule has 2 aromatic rings. The Kier molecular flexibility index (Phi) is 4.10. The maximum Gasteiger partial charge on any atom is 0.154 e. The van der Waals surface area contributed by atoms with E-state index < -0.39 is 9.84 Å². The van der Waals surface area contributed by atoms with E-state index in [1.807, 2.05) is 42.5 Å². The van der Waals surface area contributed by atoms with E-state index in [9.17, 15) is 8.42 Å². The van der Waals surface area contributed by atoms with Crippen molar-refractivity contribution in [3.63, 3.8) is 0 Å². The summed E-state index contributed by atoms with van der Waals surface area (Å²) in [4.78, 5) is 3.97. The summed E-state index contributed by atoms with van der Waals surface area (Å²) in [7, 11) is -3.06. The first-order valence-electron chi connectivity index (χ1n) is 5.79. The Labute approximate surface area is 107 Å². The zero-order chi connectivity index (χ0) is 12.8. The first-order chi connectivity index (χ1) is 8.66. The van der Waals surface area contributed by atoms with E-state index in [0.717, 1.165) is 11.1 Å². The molecule has 1 aromatic carbocycles. The first-order valence-corrected chi connectivity index (χ1v) is 7.61. The van der Waals surface area contributed by atoms with Crippen LogP contribution in [0.1, 0.15) is 11.1 Å². The third-order valence-electron chi connectivity index (χ3n) is 2.65. The highest BCUT2D eigenvalue weighted by molar-refractivity contribution is 7.90. The van der Waals surface area contributed by atoms with Crippen LogP contribution >= 0.6 is 0 Å². The second-order valence-corrected chi connectivity index (χ2v) is 6.37. The van der Waals surface area contributed by atoms with Gasteiger partial charge in [-0.2, -0.15) is 0 Å². The molecule has 0 aliphatic heterocycles. The Bertz CT molecular complexity index is 580. The van der Waals surface area contributed by atoms with Crippen LogP contribution < -0.4 is 0 Å². The predicted octanol–water partition coefficient (Wildman–Crippen LogP) is 2.24. The Balaban J connectivity index is 1.96. The fourth-order valence-corrected chi connectivity index (χ4v) is 3.11. The quantitative estimate of drug-likeness (QED) is 0.829. The molecule has 0 atom stereocenters. The largest absolute Gasteiger partial charge is 0.264 e. The average molecular weight is 261 g/mol. The fraction of sp³-hybridized carbons (Fsp3) is 0.214. The lowest BCUT2D eigenvalue weighted by atomic mass is 10.2. The number of rotatable bonds is 5. The van der Waals surface area contributed by atoms with Crippen molar-refractivity contribution in [1.29, 1.82) is 0 Å². The van der Waals surface area contributed by atoms with E-state index in [4.69, 9.17) is 0 Å². The number of pyridine rings is 1. The smallest absolute Gasteiger partial charge is 0.154 e. The van der Waals surface area contributed by atoms with Gasteiger partial charge in [-0.15, -0.1) is 0 Å². The minimum Gasteiger partial charge on any atom is -0.264 e. The summed E-state index contributed by atoms with van der Waals surface area (Å²) in [5, 5.41) is 0. The molecule has 0 spiro atoms. The second kappa shape index (κ2) is 5.78. The van der Waals surface area contributed by atoms with Crippen molar-refractivity contribution in [2.75, 3.05) is 5.75 Å². The number of aryl methyl sites for hydroxylation is 1. The van der Waals surface area contributed by atoms with Gasteiger partial charge in [0.2, 0.25) is 0 Å². The summed E-state index contributed by atoms with van der Waals surface area (Å²) in [6, 6.07) is 13.0. The number of aromatic nitrogens is 1. The summed E-state index contributed by atoms with van der Waals surface area (Å²) in [6.07, 6.45) is 3.91. The van der Waals surface area contributed by atoms with E-state index in [1.54, 1.807) is 12.4 Å². The number of hydrogen-bond acceptors (Lipinski definition) is 3. The zero-order valence-electron chi connectivity index (χ0n) is 9.99. The monoisotopic (exact) mass is 261 g/mol. The van der Waals surface area contributed by atoms with Gasteiger partial charge in [0, 0.05) is 12.4 Å². The molecular weight excluding hydrogens is 246 g/mol. The van der Waals surface area contributed by atoms with E-state index in [0.29, 0.717) is 6.42 Å². The molecule has 1 heterocycles. The highest BCUT2D eigenvalue weighted by Gasteiger charge is 2.11. The predicted molar refractivity (Wildman–Crippen MR) is 71.9 cm³/mol. The van der Waals surface area contributed by atoms with Crippen LogP contribution in [0.5, 0.6) is 0 Å². The Hall–Kier alpha value is -1.68. The Morgan fingerprint density at radius 3 is 2.33 bits per heavy atom. The van der Waals surface area contributed by atoms with Gasteiger partial charge in [-0.1, -0.05) is 36.4 Å². The zero-order valence-corrected chi connectivity index (χ0v) is 10.8. The molecule has 0 N–H and O–H groups in total. The van der Waals surface area contributed by atoms with Crippen LogP contribution in [-0.2, 0) is 22.0 Å². The van der Waals surface area contributed by atoms with Crippen molar-refractivity contribution in [3.8, 4) is 0 Å². The van der Waals surface area contributed by atoms with Gasteiger partial charge in [-0.3, -0.25) is 4.98 Å². The van der Waals surface area contributed by atoms with Gasteiger partial charge in [-0.05, 0) is 23.6 Å². The van der Waals surface area contributed by atoms with Crippen LogP contribution in [-0.4, -0.2) is 19.2 Å². The first kappa shape index (κ1) is 12.8. The molecule has 0 amide bonds. The van der Waals surface area contributed by atoms with Crippen LogP contribution in [0, 0.1) is 0 Å². The minimum atomic E-state index is -3.06.